The molecular weight excluding hydrogens is 572 g/mol. The molecule has 2 aromatic rings. The number of amides is 4. The summed E-state index contributed by atoms with van der Waals surface area (Å²) < 4.78 is 5.49. The largest absolute Gasteiger partial charge is 0.465 e. The predicted octanol–water partition coefficient (Wildman–Crippen LogP) is 5.12. The third kappa shape index (κ3) is 12.7. The zero-order valence-electron chi connectivity index (χ0n) is 27.5. The summed E-state index contributed by atoms with van der Waals surface area (Å²) in [4.78, 5) is 57.6. The van der Waals surface area contributed by atoms with Crippen LogP contribution in [0, 0.1) is 6.92 Å². The molecule has 0 bridgehead atoms. The van der Waals surface area contributed by atoms with Crippen molar-refractivity contribution in [2.75, 3.05) is 32.1 Å². The second-order valence-electron chi connectivity index (χ2n) is 11.1. The Morgan fingerprint density at radius 2 is 1.24 bits per heavy atom. The molecule has 4 amide bonds. The summed E-state index contributed by atoms with van der Waals surface area (Å²) in [5.41, 5.74) is 6.29. The summed E-state index contributed by atoms with van der Waals surface area (Å²) >= 11 is 0. The molecule has 0 saturated heterocycles. The molecule has 2 aromatic carbocycles. The van der Waals surface area contributed by atoms with Gasteiger partial charge in [0.15, 0.2) is 0 Å². The Kier molecular flexibility index (Phi) is 16.4. The molecule has 246 valence electrons. The highest BCUT2D eigenvalue weighted by Gasteiger charge is 2.30. The number of carbonyl (C=O) groups excluding carboxylic acids is 5. The first-order valence-electron chi connectivity index (χ1n) is 16.1. The van der Waals surface area contributed by atoms with Gasteiger partial charge in [-0.25, -0.2) is 0 Å². The average Bonchev–Trinajstić information content (AvgIpc) is 3.33. The van der Waals surface area contributed by atoms with Gasteiger partial charge < -0.3 is 26.0 Å². The summed E-state index contributed by atoms with van der Waals surface area (Å²) in [5.74, 6) is -0.396. The van der Waals surface area contributed by atoms with Crippen LogP contribution in [0.1, 0.15) is 101 Å². The number of carbonyl (C=O) groups is 5. The molecule has 0 aliphatic heterocycles. The van der Waals surface area contributed by atoms with Crippen molar-refractivity contribution < 1.29 is 28.7 Å². The standard InChI is InChI=1S/C26H32N2O4.C9H18N2O2/c1-4-13-27-24(29)7-6-8-25(30)28-18-10-12-20-19-11-9-17(3)14-21(19)23(22(20)15-18)16-32-26(31)5-2;1-3-7-11-9(13)6-4-5-8(12)10-2/h9-12,14-15,23H,4-8,13,16H2,1-3H3,(H,27,29)(H,28,30);3-7H2,1-2H3,(H,10,12)(H,11,13). The summed E-state index contributed by atoms with van der Waals surface area (Å²) in [6, 6.07) is 12.2. The molecule has 1 unspecified atom stereocenters. The van der Waals surface area contributed by atoms with E-state index in [1.54, 1.807) is 14.0 Å². The molecule has 1 aliphatic rings. The first kappa shape index (κ1) is 37.0. The van der Waals surface area contributed by atoms with Crippen LogP contribution in [-0.2, 0) is 28.7 Å². The average molecular weight is 623 g/mol. The zero-order valence-corrected chi connectivity index (χ0v) is 27.5. The predicted molar refractivity (Wildman–Crippen MR) is 177 cm³/mol. The minimum absolute atomic E-state index is 0.0108. The second kappa shape index (κ2) is 19.9. The monoisotopic (exact) mass is 622 g/mol. The first-order chi connectivity index (χ1) is 21.6. The third-order valence-electron chi connectivity index (χ3n) is 7.32. The molecule has 1 atom stereocenters. The van der Waals surface area contributed by atoms with Crippen molar-refractivity contribution in [1.82, 2.24) is 16.0 Å². The maximum atomic E-state index is 12.4. The van der Waals surface area contributed by atoms with Crippen LogP contribution in [0.3, 0.4) is 0 Å². The fourth-order valence-electron chi connectivity index (χ4n) is 4.89. The van der Waals surface area contributed by atoms with Gasteiger partial charge in [-0.05, 0) is 67.0 Å². The lowest BCUT2D eigenvalue weighted by Gasteiger charge is -2.15. The molecule has 0 aromatic heterocycles. The lowest BCUT2D eigenvalue weighted by atomic mass is 9.96. The van der Waals surface area contributed by atoms with Crippen LogP contribution in [0.5, 0.6) is 0 Å². The maximum absolute atomic E-state index is 12.4. The quantitative estimate of drug-likeness (QED) is 0.191. The SMILES string of the molecule is CCCNC(=O)CCCC(=O)NC.CCCNC(=O)CCCC(=O)Nc1ccc2c(c1)C(COC(=O)CC)c1cc(C)ccc1-2. The van der Waals surface area contributed by atoms with Crippen LogP contribution in [0.2, 0.25) is 0 Å². The van der Waals surface area contributed by atoms with Gasteiger partial charge in [0.05, 0.1) is 0 Å². The van der Waals surface area contributed by atoms with Crippen LogP contribution in [-0.4, -0.2) is 56.3 Å². The highest BCUT2D eigenvalue weighted by molar-refractivity contribution is 5.92. The zero-order chi connectivity index (χ0) is 33.2. The number of fused-ring (bicyclic) bond motifs is 3. The Morgan fingerprint density at radius 1 is 0.711 bits per heavy atom. The minimum atomic E-state index is -0.222. The van der Waals surface area contributed by atoms with Gasteiger partial charge in [-0.1, -0.05) is 50.6 Å². The third-order valence-corrected chi connectivity index (χ3v) is 7.32. The first-order valence-corrected chi connectivity index (χ1v) is 16.1. The highest BCUT2D eigenvalue weighted by atomic mass is 16.5. The highest BCUT2D eigenvalue weighted by Crippen LogP contribution is 2.46. The molecule has 0 spiro atoms. The van der Waals surface area contributed by atoms with Gasteiger partial charge >= 0.3 is 5.97 Å². The van der Waals surface area contributed by atoms with Crippen molar-refractivity contribution in [2.45, 2.75) is 91.4 Å². The smallest absolute Gasteiger partial charge is 0.305 e. The van der Waals surface area contributed by atoms with Crippen molar-refractivity contribution in [3.05, 3.63) is 53.1 Å². The summed E-state index contributed by atoms with van der Waals surface area (Å²) in [6.45, 7) is 9.50. The second-order valence-corrected chi connectivity index (χ2v) is 11.1. The molecule has 0 radical (unpaired) electrons. The molecule has 3 rings (SSSR count). The van der Waals surface area contributed by atoms with E-state index in [-0.39, 0.29) is 48.5 Å². The van der Waals surface area contributed by atoms with E-state index >= 15 is 0 Å². The van der Waals surface area contributed by atoms with Gasteiger partial charge in [0.2, 0.25) is 23.6 Å². The van der Waals surface area contributed by atoms with E-state index < -0.39 is 0 Å². The van der Waals surface area contributed by atoms with Gasteiger partial charge in [0.25, 0.3) is 0 Å². The molecule has 10 nitrogen and oxygen atoms in total. The van der Waals surface area contributed by atoms with Crippen molar-refractivity contribution in [3.63, 3.8) is 0 Å². The molecule has 45 heavy (non-hydrogen) atoms. The van der Waals surface area contributed by atoms with E-state index in [2.05, 4.69) is 39.5 Å². The molecule has 0 fully saturated rings. The molecule has 0 heterocycles. The van der Waals surface area contributed by atoms with E-state index in [0.29, 0.717) is 50.8 Å². The Bertz CT molecular complexity index is 1310. The number of aryl methyl sites for hydroxylation is 1. The summed E-state index contributed by atoms with van der Waals surface area (Å²) in [6.07, 6.45) is 4.80. The normalized spacial score (nSPS) is 12.5. The Hall–Kier alpha value is -4.21. The number of anilines is 1. The van der Waals surface area contributed by atoms with Crippen molar-refractivity contribution in [3.8, 4) is 11.1 Å². The van der Waals surface area contributed by atoms with Crippen molar-refractivity contribution in [2.24, 2.45) is 0 Å². The van der Waals surface area contributed by atoms with Gasteiger partial charge in [-0.2, -0.15) is 0 Å². The Morgan fingerprint density at radius 3 is 1.80 bits per heavy atom. The topological polar surface area (TPSA) is 143 Å². The van der Waals surface area contributed by atoms with E-state index in [9.17, 15) is 24.0 Å². The number of hydrogen-bond donors (Lipinski definition) is 4. The molecule has 1 aliphatic carbocycles. The van der Waals surface area contributed by atoms with Crippen molar-refractivity contribution >= 4 is 35.3 Å². The van der Waals surface area contributed by atoms with E-state index in [0.717, 1.165) is 47.2 Å². The number of hydrogen-bond acceptors (Lipinski definition) is 6. The number of benzene rings is 2. The summed E-state index contributed by atoms with van der Waals surface area (Å²) in [7, 11) is 1.60. The van der Waals surface area contributed by atoms with Crippen LogP contribution in [0.4, 0.5) is 5.69 Å². The Balaban J connectivity index is 0.000000459. The lowest BCUT2D eigenvalue weighted by molar-refractivity contribution is -0.143. The van der Waals surface area contributed by atoms with Gasteiger partial charge in [-0.3, -0.25) is 24.0 Å². The molecular formula is C35H50N4O6. The van der Waals surface area contributed by atoms with Crippen LogP contribution in [0.15, 0.2) is 36.4 Å². The number of nitrogens with one attached hydrogen (secondary N) is 4. The minimum Gasteiger partial charge on any atom is -0.465 e. The van der Waals surface area contributed by atoms with E-state index in [1.807, 2.05) is 39.0 Å². The van der Waals surface area contributed by atoms with Crippen molar-refractivity contribution in [1.29, 1.82) is 0 Å². The van der Waals surface area contributed by atoms with Crippen LogP contribution < -0.4 is 21.3 Å². The van der Waals surface area contributed by atoms with E-state index in [4.69, 9.17) is 4.74 Å². The number of rotatable bonds is 16. The van der Waals surface area contributed by atoms with Crippen LogP contribution >= 0.6 is 0 Å². The lowest BCUT2D eigenvalue weighted by Crippen LogP contribution is -2.24. The molecule has 10 heteroatoms. The fraction of sp³-hybridized carbons (Fsp3) is 0.514. The fourth-order valence-corrected chi connectivity index (χ4v) is 4.89. The van der Waals surface area contributed by atoms with Gasteiger partial charge in [0, 0.05) is 63.8 Å². The molecule has 0 saturated carbocycles. The maximum Gasteiger partial charge on any atom is 0.305 e. The summed E-state index contributed by atoms with van der Waals surface area (Å²) in [5, 5.41) is 11.0. The van der Waals surface area contributed by atoms with Crippen LogP contribution in [0.25, 0.3) is 11.1 Å². The Labute approximate surface area is 267 Å². The van der Waals surface area contributed by atoms with Gasteiger partial charge in [0.1, 0.15) is 6.61 Å². The number of ether oxygens (including phenoxy) is 1. The molecule has 4 N–H and O–H groups in total. The number of esters is 1. The van der Waals surface area contributed by atoms with Gasteiger partial charge in [-0.15, -0.1) is 0 Å². The van der Waals surface area contributed by atoms with E-state index in [1.165, 1.54) is 0 Å².